The highest BCUT2D eigenvalue weighted by Crippen LogP contribution is 1.96. The molecule has 1 aliphatic rings. The third kappa shape index (κ3) is 2.31. The Bertz CT molecular complexity index is 405. The minimum atomic E-state index is -0.471. The van der Waals surface area contributed by atoms with Crippen molar-refractivity contribution in [3.05, 3.63) is 0 Å². The summed E-state index contributed by atoms with van der Waals surface area (Å²) in [5.41, 5.74) is 0. The molecule has 16 heavy (non-hydrogen) atoms. The van der Waals surface area contributed by atoms with E-state index in [4.69, 9.17) is 0 Å². The van der Waals surface area contributed by atoms with Gasteiger partial charge < -0.3 is 5.32 Å². The maximum Gasteiger partial charge on any atom is 0.270 e. The molecule has 0 aromatic carbocycles. The smallest absolute Gasteiger partial charge is 0.270 e. The summed E-state index contributed by atoms with van der Waals surface area (Å²) in [4.78, 5) is 23.7. The van der Waals surface area contributed by atoms with Gasteiger partial charge in [0.2, 0.25) is 11.8 Å². The second-order valence-electron chi connectivity index (χ2n) is 3.33. The zero-order valence-corrected chi connectivity index (χ0v) is 8.60. The molecule has 86 valence electrons. The Hall–Kier alpha value is -2.03. The van der Waals surface area contributed by atoms with Crippen LogP contribution < -0.4 is 16.0 Å². The molecular formula is C7H11N7O2. The highest BCUT2D eigenvalue weighted by molar-refractivity contribution is 5.95. The van der Waals surface area contributed by atoms with E-state index in [1.165, 1.54) is 4.80 Å². The summed E-state index contributed by atoms with van der Waals surface area (Å²) in [5.74, 6) is -0.277. The molecule has 1 aromatic rings. The van der Waals surface area contributed by atoms with E-state index in [9.17, 15) is 9.59 Å². The fourth-order valence-electron chi connectivity index (χ4n) is 1.28. The summed E-state index contributed by atoms with van der Waals surface area (Å²) in [7, 11) is 1.60. The molecular weight excluding hydrogens is 214 g/mol. The minimum absolute atomic E-state index is 0.123. The molecule has 0 spiro atoms. The van der Waals surface area contributed by atoms with Crippen molar-refractivity contribution in [2.45, 2.75) is 6.04 Å². The highest BCUT2D eigenvalue weighted by Gasteiger charge is 2.24. The molecule has 1 aliphatic heterocycles. The van der Waals surface area contributed by atoms with Crippen molar-refractivity contribution in [3.8, 4) is 0 Å². The molecule has 2 rings (SSSR count). The number of hydrogen-bond acceptors (Lipinski definition) is 6. The first-order chi connectivity index (χ1) is 7.65. The van der Waals surface area contributed by atoms with Crippen LogP contribution >= 0.6 is 0 Å². The zero-order valence-electron chi connectivity index (χ0n) is 8.60. The van der Waals surface area contributed by atoms with Crippen LogP contribution in [0.25, 0.3) is 0 Å². The molecule has 1 fully saturated rings. The third-order valence-electron chi connectivity index (χ3n) is 2.07. The van der Waals surface area contributed by atoms with E-state index in [0.717, 1.165) is 0 Å². The van der Waals surface area contributed by atoms with Crippen molar-refractivity contribution >= 4 is 17.8 Å². The first-order valence-corrected chi connectivity index (χ1v) is 4.70. The SMILES string of the molecule is Cn1nnc(NC(=O)C2CNC(=O)CN2)n1. The van der Waals surface area contributed by atoms with E-state index >= 15 is 0 Å². The van der Waals surface area contributed by atoms with Crippen molar-refractivity contribution in [2.24, 2.45) is 7.05 Å². The van der Waals surface area contributed by atoms with Crippen LogP contribution in [-0.4, -0.2) is 51.2 Å². The minimum Gasteiger partial charge on any atom is -0.353 e. The van der Waals surface area contributed by atoms with Crippen LogP contribution in [0.2, 0.25) is 0 Å². The van der Waals surface area contributed by atoms with Gasteiger partial charge in [0, 0.05) is 6.54 Å². The Labute approximate surface area is 90.6 Å². The Morgan fingerprint density at radius 2 is 2.44 bits per heavy atom. The van der Waals surface area contributed by atoms with Crippen molar-refractivity contribution in [2.75, 3.05) is 18.4 Å². The van der Waals surface area contributed by atoms with Crippen molar-refractivity contribution < 1.29 is 9.59 Å². The normalized spacial score (nSPS) is 20.3. The number of rotatable bonds is 2. The number of carbonyl (C=O) groups excluding carboxylic acids is 2. The fraction of sp³-hybridized carbons (Fsp3) is 0.571. The quantitative estimate of drug-likeness (QED) is 0.502. The van der Waals surface area contributed by atoms with Crippen molar-refractivity contribution in [1.82, 2.24) is 30.8 Å². The number of nitrogens with zero attached hydrogens (tertiary/aromatic N) is 4. The van der Waals surface area contributed by atoms with Crippen LogP contribution in [0.15, 0.2) is 0 Å². The van der Waals surface area contributed by atoms with Gasteiger partial charge in [-0.3, -0.25) is 20.2 Å². The van der Waals surface area contributed by atoms with Crippen LogP contribution in [0, 0.1) is 0 Å². The molecule has 1 unspecified atom stereocenters. The Morgan fingerprint density at radius 1 is 1.62 bits per heavy atom. The first-order valence-electron chi connectivity index (χ1n) is 4.70. The van der Waals surface area contributed by atoms with Gasteiger partial charge in [-0.15, -0.1) is 5.10 Å². The summed E-state index contributed by atoms with van der Waals surface area (Å²) in [6.45, 7) is 0.386. The number of nitrogens with one attached hydrogen (secondary N) is 3. The lowest BCUT2D eigenvalue weighted by Gasteiger charge is -2.22. The van der Waals surface area contributed by atoms with Gasteiger partial charge in [0.25, 0.3) is 5.95 Å². The topological polar surface area (TPSA) is 114 Å². The molecule has 1 aromatic heterocycles. The van der Waals surface area contributed by atoms with Crippen molar-refractivity contribution in [3.63, 3.8) is 0 Å². The van der Waals surface area contributed by atoms with Gasteiger partial charge in [0.05, 0.1) is 13.6 Å². The predicted molar refractivity (Wildman–Crippen MR) is 52.2 cm³/mol. The average molecular weight is 225 g/mol. The number of hydrogen-bond donors (Lipinski definition) is 3. The van der Waals surface area contributed by atoms with Gasteiger partial charge in [-0.25, -0.2) is 0 Å². The maximum atomic E-state index is 11.6. The molecule has 0 aliphatic carbocycles. The van der Waals surface area contributed by atoms with Gasteiger partial charge in [0.1, 0.15) is 6.04 Å². The lowest BCUT2D eigenvalue weighted by Crippen LogP contribution is -2.56. The summed E-state index contributed by atoms with van der Waals surface area (Å²) in [6.07, 6.45) is 0. The first kappa shape index (κ1) is 10.5. The highest BCUT2D eigenvalue weighted by atomic mass is 16.2. The number of tetrazole rings is 1. The summed E-state index contributed by atoms with van der Waals surface area (Å²) < 4.78 is 0. The fourth-order valence-corrected chi connectivity index (χ4v) is 1.28. The predicted octanol–water partition coefficient (Wildman–Crippen LogP) is -2.76. The van der Waals surface area contributed by atoms with E-state index in [1.54, 1.807) is 7.05 Å². The Kier molecular flexibility index (Phi) is 2.77. The van der Waals surface area contributed by atoms with Crippen LogP contribution in [0.4, 0.5) is 5.95 Å². The number of anilines is 1. The molecule has 0 bridgehead atoms. The number of amides is 2. The van der Waals surface area contributed by atoms with Crippen LogP contribution in [0.3, 0.4) is 0 Å². The van der Waals surface area contributed by atoms with Gasteiger partial charge >= 0.3 is 0 Å². The van der Waals surface area contributed by atoms with E-state index < -0.39 is 6.04 Å². The van der Waals surface area contributed by atoms with E-state index in [1.807, 2.05) is 0 Å². The molecule has 1 saturated heterocycles. The van der Waals surface area contributed by atoms with Crippen LogP contribution in [0.5, 0.6) is 0 Å². The molecule has 2 amide bonds. The van der Waals surface area contributed by atoms with Gasteiger partial charge in [-0.05, 0) is 5.21 Å². The van der Waals surface area contributed by atoms with Crippen molar-refractivity contribution in [1.29, 1.82) is 0 Å². The molecule has 9 nitrogen and oxygen atoms in total. The lowest BCUT2D eigenvalue weighted by atomic mass is 10.2. The van der Waals surface area contributed by atoms with Gasteiger partial charge in [-0.2, -0.15) is 4.80 Å². The van der Waals surface area contributed by atoms with Crippen LogP contribution in [-0.2, 0) is 16.6 Å². The molecule has 2 heterocycles. The van der Waals surface area contributed by atoms with E-state index in [0.29, 0.717) is 0 Å². The second kappa shape index (κ2) is 4.23. The number of aryl methyl sites for hydroxylation is 1. The van der Waals surface area contributed by atoms with Gasteiger partial charge in [-0.1, -0.05) is 5.10 Å². The Balaban J connectivity index is 1.91. The summed E-state index contributed by atoms with van der Waals surface area (Å²) in [6, 6.07) is -0.471. The molecule has 0 saturated carbocycles. The zero-order chi connectivity index (χ0) is 11.5. The lowest BCUT2D eigenvalue weighted by molar-refractivity contribution is -0.124. The molecule has 1 atom stereocenters. The Morgan fingerprint density at radius 3 is 3.00 bits per heavy atom. The van der Waals surface area contributed by atoms with E-state index in [2.05, 4.69) is 31.4 Å². The maximum absolute atomic E-state index is 11.6. The largest absolute Gasteiger partial charge is 0.353 e. The molecule has 3 N–H and O–H groups in total. The number of carbonyl (C=O) groups is 2. The molecule has 9 heteroatoms. The van der Waals surface area contributed by atoms with Gasteiger partial charge in [0.15, 0.2) is 0 Å². The number of piperazine rings is 1. The van der Waals surface area contributed by atoms with Crippen LogP contribution in [0.1, 0.15) is 0 Å². The second-order valence-corrected chi connectivity index (χ2v) is 3.33. The monoisotopic (exact) mass is 225 g/mol. The summed E-state index contributed by atoms with van der Waals surface area (Å²) in [5, 5.41) is 18.9. The average Bonchev–Trinajstić information content (AvgIpc) is 2.65. The third-order valence-corrected chi connectivity index (χ3v) is 2.07. The molecule has 0 radical (unpaired) electrons. The van der Waals surface area contributed by atoms with E-state index in [-0.39, 0.29) is 30.9 Å². The standard InChI is InChI=1S/C7H11N7O2/c1-14-12-7(11-13-14)10-6(16)4-2-9-5(15)3-8-4/h4,8H,2-3H2,1H3,(H,9,15)(H,10,12,16). The number of aromatic nitrogens is 4. The summed E-state index contributed by atoms with van der Waals surface area (Å²) >= 11 is 0.